The second-order valence-electron chi connectivity index (χ2n) is 3.81. The van der Waals surface area contributed by atoms with Crippen molar-refractivity contribution in [1.82, 2.24) is 0 Å². The maximum Gasteiger partial charge on any atom is 0.148 e. The molecule has 4 nitrogen and oxygen atoms in total. The van der Waals surface area contributed by atoms with Crippen molar-refractivity contribution in [3.05, 3.63) is 28.2 Å². The molecule has 2 N–H and O–H groups in total. The molecule has 96 valence electrons. The number of nitrogen functional groups attached to an aromatic ring is 1. The number of hydrogen-bond acceptors (Lipinski definition) is 4. The minimum atomic E-state index is -3.05. The van der Waals surface area contributed by atoms with Crippen molar-refractivity contribution < 1.29 is 12.6 Å². The second kappa shape index (κ2) is 5.97. The van der Waals surface area contributed by atoms with Crippen LogP contribution in [0.2, 0.25) is 0 Å². The summed E-state index contributed by atoms with van der Waals surface area (Å²) in [6, 6.07) is 5.32. The van der Waals surface area contributed by atoms with Gasteiger partial charge in [0, 0.05) is 38.7 Å². The molecule has 17 heavy (non-hydrogen) atoms. The standard InChI is InChI=1S/C10H14BrNO3S2/c1-17(14,15)3-2-16(13)7-8-4-9(11)6-10(12)5-8/h4-6H,2-3,7,12H2,1H3. The molecular formula is C10H14BrNO3S2. The van der Waals surface area contributed by atoms with E-state index < -0.39 is 20.6 Å². The molecule has 0 saturated carbocycles. The van der Waals surface area contributed by atoms with E-state index in [4.69, 9.17) is 5.73 Å². The molecular weight excluding hydrogens is 326 g/mol. The molecule has 7 heteroatoms. The molecule has 0 spiro atoms. The zero-order valence-electron chi connectivity index (χ0n) is 9.35. The number of halogens is 1. The Morgan fingerprint density at radius 3 is 2.53 bits per heavy atom. The fourth-order valence-corrected chi connectivity index (χ4v) is 4.46. The van der Waals surface area contributed by atoms with Crippen molar-refractivity contribution in [2.45, 2.75) is 5.75 Å². The summed E-state index contributed by atoms with van der Waals surface area (Å²) < 4.78 is 34.4. The highest BCUT2D eigenvalue weighted by molar-refractivity contribution is 9.10. The highest BCUT2D eigenvalue weighted by Gasteiger charge is 2.08. The van der Waals surface area contributed by atoms with Gasteiger partial charge in [0.2, 0.25) is 0 Å². The Balaban J connectivity index is 2.62. The van der Waals surface area contributed by atoms with Crippen LogP contribution in [0.15, 0.2) is 22.7 Å². The van der Waals surface area contributed by atoms with Crippen LogP contribution in [-0.2, 0) is 26.4 Å². The van der Waals surface area contributed by atoms with Crippen LogP contribution < -0.4 is 5.73 Å². The molecule has 0 aliphatic carbocycles. The van der Waals surface area contributed by atoms with Gasteiger partial charge in [-0.2, -0.15) is 0 Å². The van der Waals surface area contributed by atoms with Gasteiger partial charge in [0.25, 0.3) is 0 Å². The summed E-state index contributed by atoms with van der Waals surface area (Å²) in [7, 11) is -4.24. The van der Waals surface area contributed by atoms with Crippen LogP contribution in [0.25, 0.3) is 0 Å². The molecule has 0 amide bonds. The van der Waals surface area contributed by atoms with E-state index in [0.717, 1.165) is 16.3 Å². The van der Waals surface area contributed by atoms with Crippen LogP contribution in [0.3, 0.4) is 0 Å². The maximum absolute atomic E-state index is 11.7. The lowest BCUT2D eigenvalue weighted by molar-refractivity contribution is 0.602. The van der Waals surface area contributed by atoms with Gasteiger partial charge in [-0.1, -0.05) is 15.9 Å². The van der Waals surface area contributed by atoms with E-state index >= 15 is 0 Å². The predicted octanol–water partition coefficient (Wildman–Crippen LogP) is 1.32. The Kier molecular flexibility index (Phi) is 5.15. The molecule has 0 bridgehead atoms. The van der Waals surface area contributed by atoms with Gasteiger partial charge < -0.3 is 5.73 Å². The fourth-order valence-electron chi connectivity index (χ4n) is 1.26. The zero-order chi connectivity index (χ0) is 13.1. The number of rotatable bonds is 5. The highest BCUT2D eigenvalue weighted by Crippen LogP contribution is 2.18. The van der Waals surface area contributed by atoms with Gasteiger partial charge in [-0.25, -0.2) is 8.42 Å². The van der Waals surface area contributed by atoms with Crippen LogP contribution in [0.4, 0.5) is 5.69 Å². The summed E-state index contributed by atoms with van der Waals surface area (Å²) in [4.78, 5) is 0. The van der Waals surface area contributed by atoms with E-state index in [1.165, 1.54) is 0 Å². The first-order valence-corrected chi connectivity index (χ1v) is 9.18. The molecule has 0 aromatic heterocycles. The Morgan fingerprint density at radius 2 is 2.00 bits per heavy atom. The summed E-state index contributed by atoms with van der Waals surface area (Å²) in [6.45, 7) is 0. The number of sulfone groups is 1. The summed E-state index contributed by atoms with van der Waals surface area (Å²) >= 11 is 3.30. The van der Waals surface area contributed by atoms with Crippen LogP contribution in [0.5, 0.6) is 0 Å². The number of anilines is 1. The summed E-state index contributed by atoms with van der Waals surface area (Å²) in [5, 5.41) is 0. The normalized spacial score (nSPS) is 13.5. The minimum absolute atomic E-state index is 0.0525. The van der Waals surface area contributed by atoms with Crippen molar-refractivity contribution in [2.24, 2.45) is 0 Å². The Hall–Kier alpha value is -0.400. The zero-order valence-corrected chi connectivity index (χ0v) is 12.6. The van der Waals surface area contributed by atoms with E-state index in [-0.39, 0.29) is 11.5 Å². The van der Waals surface area contributed by atoms with Crippen molar-refractivity contribution in [3.63, 3.8) is 0 Å². The lowest BCUT2D eigenvalue weighted by Crippen LogP contribution is -2.12. The van der Waals surface area contributed by atoms with Gasteiger partial charge in [0.1, 0.15) is 9.84 Å². The maximum atomic E-state index is 11.7. The van der Waals surface area contributed by atoms with Crippen LogP contribution in [0.1, 0.15) is 5.56 Å². The average Bonchev–Trinajstić information content (AvgIpc) is 2.11. The van der Waals surface area contributed by atoms with E-state index in [0.29, 0.717) is 11.4 Å². The van der Waals surface area contributed by atoms with Crippen molar-refractivity contribution in [2.75, 3.05) is 23.5 Å². The first kappa shape index (κ1) is 14.7. The van der Waals surface area contributed by atoms with Crippen LogP contribution >= 0.6 is 15.9 Å². The van der Waals surface area contributed by atoms with Crippen molar-refractivity contribution >= 4 is 42.3 Å². The Bertz CT molecular complexity index is 508. The molecule has 0 aliphatic heterocycles. The molecule has 1 rings (SSSR count). The lowest BCUT2D eigenvalue weighted by Gasteiger charge is -2.04. The third-order valence-corrected chi connectivity index (χ3v) is 4.97. The van der Waals surface area contributed by atoms with E-state index in [1.54, 1.807) is 12.1 Å². The predicted molar refractivity (Wildman–Crippen MR) is 75.0 cm³/mol. The molecule has 1 unspecified atom stereocenters. The van der Waals surface area contributed by atoms with Crippen LogP contribution in [0, 0.1) is 0 Å². The quantitative estimate of drug-likeness (QED) is 0.821. The van der Waals surface area contributed by atoms with E-state index in [9.17, 15) is 12.6 Å². The highest BCUT2D eigenvalue weighted by atomic mass is 79.9. The van der Waals surface area contributed by atoms with Gasteiger partial charge in [0.15, 0.2) is 0 Å². The summed E-state index contributed by atoms with van der Waals surface area (Å²) in [5.41, 5.74) is 7.08. The minimum Gasteiger partial charge on any atom is -0.399 e. The average molecular weight is 340 g/mol. The second-order valence-corrected chi connectivity index (χ2v) is 8.56. The van der Waals surface area contributed by atoms with Gasteiger partial charge in [-0.3, -0.25) is 4.21 Å². The topological polar surface area (TPSA) is 77.2 Å². The summed E-state index contributed by atoms with van der Waals surface area (Å²) in [6.07, 6.45) is 1.14. The fraction of sp³-hybridized carbons (Fsp3) is 0.400. The van der Waals surface area contributed by atoms with Gasteiger partial charge >= 0.3 is 0 Å². The van der Waals surface area contributed by atoms with Crippen molar-refractivity contribution in [3.8, 4) is 0 Å². The van der Waals surface area contributed by atoms with Gasteiger partial charge in [-0.05, 0) is 23.8 Å². The number of hydrogen-bond donors (Lipinski definition) is 1. The largest absolute Gasteiger partial charge is 0.399 e. The number of nitrogens with two attached hydrogens (primary N) is 1. The molecule has 0 heterocycles. The third kappa shape index (κ3) is 6.18. The molecule has 1 atom stereocenters. The van der Waals surface area contributed by atoms with E-state index in [2.05, 4.69) is 15.9 Å². The lowest BCUT2D eigenvalue weighted by atomic mass is 10.2. The summed E-state index contributed by atoms with van der Waals surface area (Å²) in [5.74, 6) is 0.424. The SMILES string of the molecule is CS(=O)(=O)CCS(=O)Cc1cc(N)cc(Br)c1. The van der Waals surface area contributed by atoms with Gasteiger partial charge in [-0.15, -0.1) is 0 Å². The molecule has 1 aromatic rings. The van der Waals surface area contributed by atoms with Gasteiger partial charge in [0.05, 0.1) is 5.75 Å². The third-order valence-electron chi connectivity index (χ3n) is 1.99. The molecule has 0 radical (unpaired) electrons. The monoisotopic (exact) mass is 339 g/mol. The molecule has 0 aliphatic rings. The Morgan fingerprint density at radius 1 is 1.35 bits per heavy atom. The van der Waals surface area contributed by atoms with E-state index in [1.807, 2.05) is 6.07 Å². The Labute approximate surface area is 112 Å². The first-order chi connectivity index (χ1) is 7.76. The molecule has 0 saturated heterocycles. The molecule has 1 aromatic carbocycles. The van der Waals surface area contributed by atoms with Crippen LogP contribution in [-0.4, -0.2) is 30.4 Å². The number of benzene rings is 1. The first-order valence-electron chi connectivity index (χ1n) is 4.84. The molecule has 0 fully saturated rings. The smallest absolute Gasteiger partial charge is 0.148 e. The van der Waals surface area contributed by atoms with Crippen molar-refractivity contribution in [1.29, 1.82) is 0 Å².